The van der Waals surface area contributed by atoms with E-state index in [0.29, 0.717) is 0 Å². The minimum absolute atomic E-state index is 0.0244. The second-order valence-electron chi connectivity index (χ2n) is 3.74. The molecule has 0 bridgehead atoms. The monoisotopic (exact) mass is 290 g/mol. The molecule has 0 aliphatic carbocycles. The summed E-state index contributed by atoms with van der Waals surface area (Å²) in [6.45, 7) is -0.488. The molecule has 8 heteroatoms. The Morgan fingerprint density at radius 1 is 0.950 bits per heavy atom. The summed E-state index contributed by atoms with van der Waals surface area (Å²) in [6, 6.07) is 2.92. The molecule has 0 aliphatic heterocycles. The first-order valence-electron chi connectivity index (χ1n) is 5.27. The molecule has 20 heavy (non-hydrogen) atoms. The van der Waals surface area contributed by atoms with Gasteiger partial charge in [-0.25, -0.2) is 18.2 Å². The number of anilines is 1. The average Bonchev–Trinajstić information content (AvgIpc) is 2.45. The largest absolute Gasteiger partial charge is 0.483 e. The van der Waals surface area contributed by atoms with Gasteiger partial charge in [-0.3, -0.25) is 0 Å². The fourth-order valence-corrected chi connectivity index (χ4v) is 1.43. The molecular weight excluding hydrogens is 283 g/mol. The van der Waals surface area contributed by atoms with Gasteiger partial charge in [-0.05, 0) is 6.07 Å². The van der Waals surface area contributed by atoms with Crippen LogP contribution in [-0.4, -0.2) is 4.98 Å². The van der Waals surface area contributed by atoms with Crippen LogP contribution in [0, 0.1) is 29.1 Å². The Morgan fingerprint density at radius 3 is 2.05 bits per heavy atom. The van der Waals surface area contributed by atoms with E-state index in [2.05, 4.69) is 9.72 Å². The number of hydrogen-bond acceptors (Lipinski definition) is 3. The zero-order valence-electron chi connectivity index (χ0n) is 9.76. The Kier molecular flexibility index (Phi) is 3.73. The van der Waals surface area contributed by atoms with Gasteiger partial charge in [-0.2, -0.15) is 8.78 Å². The minimum atomic E-state index is -2.24. The molecule has 1 aromatic carbocycles. The van der Waals surface area contributed by atoms with Crippen LogP contribution in [0.5, 0.6) is 5.75 Å². The third kappa shape index (κ3) is 2.36. The number of pyridine rings is 1. The average molecular weight is 290 g/mol. The summed E-state index contributed by atoms with van der Waals surface area (Å²) in [5, 5.41) is 0. The van der Waals surface area contributed by atoms with Crippen LogP contribution in [0.15, 0.2) is 18.3 Å². The van der Waals surface area contributed by atoms with Gasteiger partial charge in [0.15, 0.2) is 5.75 Å². The van der Waals surface area contributed by atoms with Crippen LogP contribution in [0.25, 0.3) is 0 Å². The van der Waals surface area contributed by atoms with Gasteiger partial charge in [-0.1, -0.05) is 6.07 Å². The van der Waals surface area contributed by atoms with Gasteiger partial charge in [0.1, 0.15) is 12.4 Å². The van der Waals surface area contributed by atoms with Crippen LogP contribution >= 0.6 is 0 Å². The molecule has 2 rings (SSSR count). The number of nitrogen functional groups attached to an aromatic ring is 1. The lowest BCUT2D eigenvalue weighted by atomic mass is 10.2. The predicted octanol–water partition coefficient (Wildman–Crippen LogP) is 2.94. The number of nitrogens with zero attached hydrogens (tertiary/aromatic N) is 1. The summed E-state index contributed by atoms with van der Waals surface area (Å²) in [5.41, 5.74) is 5.70. The van der Waals surface area contributed by atoms with E-state index < -0.39 is 41.4 Å². The lowest BCUT2D eigenvalue weighted by molar-refractivity contribution is 0.253. The van der Waals surface area contributed by atoms with E-state index >= 15 is 0 Å². The Morgan fingerprint density at radius 2 is 1.50 bits per heavy atom. The summed E-state index contributed by atoms with van der Waals surface area (Å²) >= 11 is 0. The van der Waals surface area contributed by atoms with Crippen molar-refractivity contribution in [1.82, 2.24) is 4.98 Å². The minimum Gasteiger partial charge on any atom is -0.483 e. The number of aromatic nitrogens is 1. The van der Waals surface area contributed by atoms with Crippen molar-refractivity contribution < 1.29 is 26.7 Å². The van der Waals surface area contributed by atoms with Crippen molar-refractivity contribution in [2.75, 3.05) is 5.73 Å². The topological polar surface area (TPSA) is 48.1 Å². The molecule has 0 amide bonds. The highest BCUT2D eigenvalue weighted by Gasteiger charge is 2.27. The summed E-state index contributed by atoms with van der Waals surface area (Å²) in [4.78, 5) is 3.69. The highest BCUT2D eigenvalue weighted by Crippen LogP contribution is 2.29. The quantitative estimate of drug-likeness (QED) is 0.537. The first kappa shape index (κ1) is 14.0. The number of ether oxygens (including phenoxy) is 1. The zero-order chi connectivity index (χ0) is 14.9. The van der Waals surface area contributed by atoms with E-state index in [9.17, 15) is 22.0 Å². The summed E-state index contributed by atoms with van der Waals surface area (Å²) < 4.78 is 69.9. The number of rotatable bonds is 3. The van der Waals surface area contributed by atoms with Crippen molar-refractivity contribution in [3.63, 3.8) is 0 Å². The predicted molar refractivity (Wildman–Crippen MR) is 59.2 cm³/mol. The lowest BCUT2D eigenvalue weighted by Gasteiger charge is -2.11. The second kappa shape index (κ2) is 5.32. The molecule has 2 aromatic rings. The molecule has 0 aliphatic rings. The van der Waals surface area contributed by atoms with E-state index in [1.54, 1.807) is 0 Å². The van der Waals surface area contributed by atoms with Gasteiger partial charge < -0.3 is 10.5 Å². The molecule has 0 saturated heterocycles. The molecule has 0 unspecified atom stereocenters. The molecule has 1 heterocycles. The molecule has 0 saturated carbocycles. The number of nitrogens with two attached hydrogens (primary N) is 1. The van der Waals surface area contributed by atoms with Crippen molar-refractivity contribution in [3.8, 4) is 5.75 Å². The Balaban J connectivity index is 2.33. The summed E-state index contributed by atoms with van der Waals surface area (Å²) in [6.07, 6.45) is 1.37. The SMILES string of the molecule is Nc1ncccc1COc1c(F)c(F)c(F)c(F)c1F. The van der Waals surface area contributed by atoms with Crippen molar-refractivity contribution >= 4 is 5.82 Å². The number of benzene rings is 1. The first-order valence-corrected chi connectivity index (χ1v) is 5.27. The van der Waals surface area contributed by atoms with Crippen molar-refractivity contribution in [2.45, 2.75) is 6.61 Å². The van der Waals surface area contributed by atoms with Gasteiger partial charge in [0.05, 0.1) is 0 Å². The standard InChI is InChI=1S/C12H7F5N2O/c13-6-7(14)9(16)11(10(17)8(6)15)20-4-5-2-1-3-19-12(5)18/h1-3H,4H2,(H2,18,19). The highest BCUT2D eigenvalue weighted by molar-refractivity contribution is 5.38. The maximum absolute atomic E-state index is 13.3. The van der Waals surface area contributed by atoms with E-state index in [1.807, 2.05) is 0 Å². The Hall–Kier alpha value is -2.38. The fourth-order valence-electron chi connectivity index (χ4n) is 1.43. The van der Waals surface area contributed by atoms with Crippen LogP contribution < -0.4 is 10.5 Å². The van der Waals surface area contributed by atoms with Crippen molar-refractivity contribution in [3.05, 3.63) is 53.0 Å². The number of halogens is 5. The molecule has 1 aromatic heterocycles. The van der Waals surface area contributed by atoms with Crippen LogP contribution in [0.1, 0.15) is 5.56 Å². The third-order valence-electron chi connectivity index (χ3n) is 2.47. The van der Waals surface area contributed by atoms with E-state index in [4.69, 9.17) is 5.73 Å². The molecular formula is C12H7F5N2O. The maximum atomic E-state index is 13.3. The zero-order valence-corrected chi connectivity index (χ0v) is 9.76. The summed E-state index contributed by atoms with van der Waals surface area (Å²) in [7, 11) is 0. The van der Waals surface area contributed by atoms with Gasteiger partial charge >= 0.3 is 0 Å². The Labute approximate surface area is 109 Å². The van der Waals surface area contributed by atoms with Crippen LogP contribution in [0.2, 0.25) is 0 Å². The lowest BCUT2D eigenvalue weighted by Crippen LogP contribution is -2.08. The van der Waals surface area contributed by atoms with Crippen molar-refractivity contribution in [2.24, 2.45) is 0 Å². The van der Waals surface area contributed by atoms with E-state index in [-0.39, 0.29) is 11.4 Å². The van der Waals surface area contributed by atoms with Crippen LogP contribution in [0.4, 0.5) is 27.8 Å². The van der Waals surface area contributed by atoms with Gasteiger partial charge in [0, 0.05) is 11.8 Å². The smallest absolute Gasteiger partial charge is 0.207 e. The van der Waals surface area contributed by atoms with Crippen molar-refractivity contribution in [1.29, 1.82) is 0 Å². The van der Waals surface area contributed by atoms with Gasteiger partial charge in [0.2, 0.25) is 29.1 Å². The molecule has 0 radical (unpaired) electrons. The third-order valence-corrected chi connectivity index (χ3v) is 2.47. The summed E-state index contributed by atoms with van der Waals surface area (Å²) in [5.74, 6) is -11.8. The van der Waals surface area contributed by atoms with Crippen LogP contribution in [-0.2, 0) is 6.61 Å². The Bertz CT molecular complexity index is 634. The van der Waals surface area contributed by atoms with E-state index in [1.165, 1.54) is 18.3 Å². The first-order chi connectivity index (χ1) is 9.43. The van der Waals surface area contributed by atoms with Crippen LogP contribution in [0.3, 0.4) is 0 Å². The van der Waals surface area contributed by atoms with E-state index in [0.717, 1.165) is 0 Å². The maximum Gasteiger partial charge on any atom is 0.207 e. The molecule has 0 fully saturated rings. The van der Waals surface area contributed by atoms with Gasteiger partial charge in [-0.15, -0.1) is 0 Å². The normalized spacial score (nSPS) is 10.7. The second-order valence-corrected chi connectivity index (χ2v) is 3.74. The molecule has 0 spiro atoms. The molecule has 2 N–H and O–H groups in total. The molecule has 3 nitrogen and oxygen atoms in total. The number of hydrogen-bond donors (Lipinski definition) is 1. The fraction of sp³-hybridized carbons (Fsp3) is 0.0833. The molecule has 106 valence electrons. The van der Waals surface area contributed by atoms with Gasteiger partial charge in [0.25, 0.3) is 0 Å². The molecule has 0 atom stereocenters. The highest BCUT2D eigenvalue weighted by atomic mass is 19.2.